The number of nitrogens with one attached hydrogen (secondary N) is 2. The standard InChI is InChI=1S/C10H12ClN3O4.C8H9ClN4O3.K.H2O/c1-5(8(15)17-2)12-7-4-6(9(16)18-3)13-10(11)14-7;1-3(6(10)14)11-5-2-4(7(15)16)12-8(9)13-5;;/h4-5H,1-3H3,(H,12,13,14);2-3H,1H3,(H2,10,14)(H,15,16)(H,11,12,13);;1H2/q;;+1;/p-1/t;3-;;/m.0../s1. The molecule has 2 aromatic rings. The summed E-state index contributed by atoms with van der Waals surface area (Å²) in [6.45, 7) is 3.10. The fraction of sp³-hybridized carbons (Fsp3) is 0.333. The van der Waals surface area contributed by atoms with Crippen molar-refractivity contribution >= 4 is 58.7 Å². The predicted molar refractivity (Wildman–Crippen MR) is 122 cm³/mol. The fourth-order valence-corrected chi connectivity index (χ4v) is 2.42. The van der Waals surface area contributed by atoms with Crippen LogP contribution in [0.15, 0.2) is 12.1 Å². The molecule has 192 valence electrons. The van der Waals surface area contributed by atoms with Gasteiger partial charge in [0, 0.05) is 12.1 Å². The van der Waals surface area contributed by atoms with Crippen LogP contribution in [-0.4, -0.2) is 80.6 Å². The number of rotatable bonds is 8. The molecule has 36 heavy (non-hydrogen) atoms. The molecule has 0 aliphatic rings. The smallest absolute Gasteiger partial charge is 0.870 e. The second-order valence-corrected chi connectivity index (χ2v) is 6.95. The van der Waals surface area contributed by atoms with Gasteiger partial charge in [-0.05, 0) is 37.0 Å². The van der Waals surface area contributed by atoms with Crippen LogP contribution in [0.5, 0.6) is 0 Å². The number of nitrogens with zero attached hydrogens (tertiary/aromatic N) is 4. The number of aromatic nitrogens is 4. The number of primary amides is 1. The summed E-state index contributed by atoms with van der Waals surface area (Å²) in [6.07, 6.45) is 0. The molecule has 1 unspecified atom stereocenters. The third-order valence-corrected chi connectivity index (χ3v) is 4.06. The van der Waals surface area contributed by atoms with Crippen molar-refractivity contribution in [1.82, 2.24) is 19.9 Å². The number of carbonyl (C=O) groups excluding carboxylic acids is 3. The van der Waals surface area contributed by atoms with E-state index in [0.29, 0.717) is 0 Å². The molecule has 2 heterocycles. The van der Waals surface area contributed by atoms with Gasteiger partial charge in [-0.2, -0.15) is 0 Å². The first-order valence-electron chi connectivity index (χ1n) is 9.18. The van der Waals surface area contributed by atoms with Crippen molar-refractivity contribution in [3.05, 3.63) is 34.1 Å². The van der Waals surface area contributed by atoms with Gasteiger partial charge < -0.3 is 36.4 Å². The molecule has 0 fully saturated rings. The molecule has 0 saturated heterocycles. The number of hydrogen-bond acceptors (Lipinski definition) is 13. The monoisotopic (exact) mass is 573 g/mol. The first kappa shape index (κ1) is 36.0. The number of carboxylic acids is 1. The van der Waals surface area contributed by atoms with Crippen molar-refractivity contribution in [3.63, 3.8) is 0 Å². The largest absolute Gasteiger partial charge is 1.00 e. The zero-order valence-corrected chi connectivity index (χ0v) is 24.4. The number of carboxylic acid groups (broad SMARTS) is 1. The van der Waals surface area contributed by atoms with E-state index in [0.717, 1.165) is 6.07 Å². The molecular formula is C18H22Cl2KN7O8. The van der Waals surface area contributed by atoms with Crippen LogP contribution in [-0.2, 0) is 19.1 Å². The predicted octanol–water partition coefficient (Wildman–Crippen LogP) is -2.17. The van der Waals surface area contributed by atoms with Crippen LogP contribution in [0.25, 0.3) is 0 Å². The normalized spacial score (nSPS) is 11.1. The molecule has 0 aromatic carbocycles. The van der Waals surface area contributed by atoms with E-state index in [4.69, 9.17) is 34.0 Å². The molecular weight excluding hydrogens is 552 g/mol. The Morgan fingerprint density at radius 2 is 1.33 bits per heavy atom. The molecule has 18 heteroatoms. The van der Waals surface area contributed by atoms with Crippen molar-refractivity contribution in [1.29, 1.82) is 0 Å². The number of carbonyl (C=O) groups is 4. The SMILES string of the molecule is COC(=O)c1cc(NC(C)C(=O)OC)nc(Cl)n1.C[C@H](Nc1cc(C(=O)O)nc(Cl)n1)C(N)=O.[K+].[OH-]. The third-order valence-electron chi connectivity index (χ3n) is 3.72. The average Bonchev–Trinajstić information content (AvgIpc) is 2.77. The average molecular weight is 574 g/mol. The van der Waals surface area contributed by atoms with Crippen molar-refractivity contribution in [2.75, 3.05) is 24.9 Å². The molecule has 0 bridgehead atoms. The minimum Gasteiger partial charge on any atom is -0.870 e. The van der Waals surface area contributed by atoms with Gasteiger partial charge >= 0.3 is 69.3 Å². The zero-order chi connectivity index (χ0) is 26.0. The molecule has 0 aliphatic heterocycles. The van der Waals surface area contributed by atoms with Crippen LogP contribution in [0.2, 0.25) is 10.6 Å². The number of amides is 1. The number of methoxy groups -OCH3 is 2. The topological polar surface area (TPSA) is 239 Å². The molecule has 0 saturated carbocycles. The Kier molecular flexibility index (Phi) is 17.3. The van der Waals surface area contributed by atoms with Gasteiger partial charge in [0.05, 0.1) is 14.2 Å². The number of nitrogens with two attached hydrogens (primary N) is 1. The molecule has 0 aliphatic carbocycles. The zero-order valence-electron chi connectivity index (χ0n) is 19.8. The molecule has 6 N–H and O–H groups in total. The van der Waals surface area contributed by atoms with E-state index in [2.05, 4.69) is 40.0 Å². The van der Waals surface area contributed by atoms with Crippen molar-refractivity contribution in [3.8, 4) is 0 Å². The Bertz CT molecular complexity index is 1080. The number of anilines is 2. The van der Waals surface area contributed by atoms with E-state index in [1.54, 1.807) is 6.92 Å². The maximum absolute atomic E-state index is 11.3. The van der Waals surface area contributed by atoms with Gasteiger partial charge in [-0.25, -0.2) is 34.3 Å². The summed E-state index contributed by atoms with van der Waals surface area (Å²) in [5, 5.41) is 13.7. The first-order valence-corrected chi connectivity index (χ1v) is 9.94. The Labute approximate surface area is 257 Å². The van der Waals surface area contributed by atoms with Crippen molar-refractivity contribution in [2.45, 2.75) is 25.9 Å². The van der Waals surface area contributed by atoms with Gasteiger partial charge in [0.15, 0.2) is 11.4 Å². The molecule has 0 spiro atoms. The van der Waals surface area contributed by atoms with Crippen LogP contribution < -0.4 is 67.8 Å². The summed E-state index contributed by atoms with van der Waals surface area (Å²) < 4.78 is 9.06. The van der Waals surface area contributed by atoms with Gasteiger partial charge in [-0.3, -0.25) is 4.79 Å². The maximum atomic E-state index is 11.3. The summed E-state index contributed by atoms with van der Waals surface area (Å²) in [4.78, 5) is 58.7. The third kappa shape index (κ3) is 12.2. The summed E-state index contributed by atoms with van der Waals surface area (Å²) in [7, 11) is 2.50. The molecule has 2 aromatic heterocycles. The van der Waals surface area contributed by atoms with Crippen LogP contribution in [0.3, 0.4) is 0 Å². The summed E-state index contributed by atoms with van der Waals surface area (Å²) in [5.41, 5.74) is 4.76. The van der Waals surface area contributed by atoms with Gasteiger partial charge in [0.2, 0.25) is 16.5 Å². The minimum atomic E-state index is -1.24. The second-order valence-electron chi connectivity index (χ2n) is 6.27. The van der Waals surface area contributed by atoms with Crippen molar-refractivity contribution < 1.29 is 90.6 Å². The maximum Gasteiger partial charge on any atom is 1.00 e. The number of aromatic carboxylic acids is 1. The molecule has 0 radical (unpaired) electrons. The van der Waals surface area contributed by atoms with Crippen LogP contribution in [0, 0.1) is 0 Å². The van der Waals surface area contributed by atoms with E-state index in [1.807, 2.05) is 0 Å². The van der Waals surface area contributed by atoms with E-state index >= 15 is 0 Å². The Hall–Kier alpha value is -2.18. The molecule has 15 nitrogen and oxygen atoms in total. The molecule has 1 amide bonds. The first-order chi connectivity index (χ1) is 15.9. The van der Waals surface area contributed by atoms with E-state index in [-0.39, 0.29) is 90.5 Å². The second kappa shape index (κ2) is 17.3. The fourth-order valence-electron chi connectivity index (χ4n) is 2.05. The quantitative estimate of drug-likeness (QED) is 0.149. The van der Waals surface area contributed by atoms with Gasteiger partial charge in [0.25, 0.3) is 0 Å². The van der Waals surface area contributed by atoms with Gasteiger partial charge in [-0.15, -0.1) is 0 Å². The summed E-state index contributed by atoms with van der Waals surface area (Å²) in [6, 6.07) is 1.17. The van der Waals surface area contributed by atoms with Crippen LogP contribution >= 0.6 is 23.2 Å². The molecule has 2 atom stereocenters. The van der Waals surface area contributed by atoms with Crippen LogP contribution in [0.4, 0.5) is 11.6 Å². The summed E-state index contributed by atoms with van der Waals surface area (Å²) >= 11 is 11.2. The van der Waals surface area contributed by atoms with Crippen LogP contribution in [0.1, 0.15) is 34.8 Å². The van der Waals surface area contributed by atoms with Crippen molar-refractivity contribution in [2.24, 2.45) is 5.73 Å². The Morgan fingerprint density at radius 1 is 0.889 bits per heavy atom. The number of esters is 2. The van der Waals surface area contributed by atoms with E-state index in [1.165, 1.54) is 27.2 Å². The van der Waals surface area contributed by atoms with E-state index < -0.39 is 35.9 Å². The number of halogens is 2. The van der Waals surface area contributed by atoms with E-state index in [9.17, 15) is 19.2 Å². The Morgan fingerprint density at radius 3 is 1.75 bits per heavy atom. The number of hydrogen-bond donors (Lipinski definition) is 4. The van der Waals surface area contributed by atoms with Gasteiger partial charge in [0.1, 0.15) is 23.7 Å². The minimum absolute atomic E-state index is 0. The Balaban J connectivity index is 0. The molecule has 2 rings (SSSR count). The van der Waals surface area contributed by atoms with Gasteiger partial charge in [-0.1, -0.05) is 0 Å². The number of ether oxygens (including phenoxy) is 2. The summed E-state index contributed by atoms with van der Waals surface area (Å²) in [5.74, 6) is -2.58.